The summed E-state index contributed by atoms with van der Waals surface area (Å²) in [6.07, 6.45) is 2.63. The first-order chi connectivity index (χ1) is 12.6. The quantitative estimate of drug-likeness (QED) is 0.737. The fourth-order valence-corrected chi connectivity index (χ4v) is 3.85. The number of carbonyl (C=O) groups is 1. The van der Waals surface area contributed by atoms with E-state index in [0.29, 0.717) is 34.7 Å². The van der Waals surface area contributed by atoms with Crippen molar-refractivity contribution in [3.05, 3.63) is 58.1 Å². The Kier molecular flexibility index (Phi) is 6.41. The molecule has 1 aliphatic rings. The fourth-order valence-electron chi connectivity index (χ4n) is 3.36. The van der Waals surface area contributed by atoms with E-state index in [4.69, 9.17) is 27.9 Å². The van der Waals surface area contributed by atoms with E-state index >= 15 is 0 Å². The minimum absolute atomic E-state index is 0.0830. The highest BCUT2D eigenvalue weighted by atomic mass is 35.5. The largest absolute Gasteiger partial charge is 0.497 e. The molecule has 2 aromatic carbocycles. The van der Waals surface area contributed by atoms with Gasteiger partial charge in [-0.25, -0.2) is 0 Å². The zero-order valence-electron chi connectivity index (χ0n) is 14.7. The minimum Gasteiger partial charge on any atom is -0.497 e. The van der Waals surface area contributed by atoms with Crippen LogP contribution in [-0.4, -0.2) is 31.0 Å². The summed E-state index contributed by atoms with van der Waals surface area (Å²) >= 11 is 12.2. The molecule has 0 saturated carbocycles. The lowest BCUT2D eigenvalue weighted by atomic mass is 10.0. The van der Waals surface area contributed by atoms with Gasteiger partial charge in [-0.15, -0.1) is 0 Å². The molecule has 1 N–H and O–H groups in total. The maximum Gasteiger partial charge on any atom is 0.225 e. The van der Waals surface area contributed by atoms with Crippen LogP contribution in [0.2, 0.25) is 10.0 Å². The number of benzene rings is 2. The zero-order chi connectivity index (χ0) is 18.5. The maximum absolute atomic E-state index is 12.3. The van der Waals surface area contributed by atoms with Crippen molar-refractivity contribution in [3.8, 4) is 5.75 Å². The monoisotopic (exact) mass is 392 g/mol. The number of amides is 1. The number of likely N-dealkylation sites (tertiary alicyclic amines) is 1. The second kappa shape index (κ2) is 8.76. The van der Waals surface area contributed by atoms with Crippen molar-refractivity contribution in [2.45, 2.75) is 25.3 Å². The molecule has 26 heavy (non-hydrogen) atoms. The number of nitrogens with zero attached hydrogens (tertiary/aromatic N) is 1. The topological polar surface area (TPSA) is 41.6 Å². The Morgan fingerprint density at radius 3 is 2.54 bits per heavy atom. The number of ether oxygens (including phenoxy) is 1. The van der Waals surface area contributed by atoms with Gasteiger partial charge in [0.1, 0.15) is 5.75 Å². The Bertz CT molecular complexity index is 745. The first-order valence-corrected chi connectivity index (χ1v) is 9.46. The predicted octanol–water partition coefficient (Wildman–Crippen LogP) is 5.17. The third-order valence-corrected chi connectivity index (χ3v) is 5.35. The van der Waals surface area contributed by atoms with Gasteiger partial charge in [0.15, 0.2) is 0 Å². The molecule has 1 aliphatic heterocycles. The highest BCUT2D eigenvalue weighted by molar-refractivity contribution is 6.39. The van der Waals surface area contributed by atoms with Gasteiger partial charge in [-0.05, 0) is 49.2 Å². The summed E-state index contributed by atoms with van der Waals surface area (Å²) in [7, 11) is 1.67. The number of nitrogens with one attached hydrogen (secondary N) is 1. The molecule has 0 spiro atoms. The summed E-state index contributed by atoms with van der Waals surface area (Å²) in [5.41, 5.74) is 1.74. The molecular formula is C20H22Cl2N2O2. The molecule has 0 bridgehead atoms. The van der Waals surface area contributed by atoms with Gasteiger partial charge in [-0.1, -0.05) is 41.4 Å². The van der Waals surface area contributed by atoms with Gasteiger partial charge in [-0.3, -0.25) is 9.69 Å². The van der Waals surface area contributed by atoms with Crippen LogP contribution >= 0.6 is 23.2 Å². The van der Waals surface area contributed by atoms with Crippen LogP contribution in [0.25, 0.3) is 0 Å². The van der Waals surface area contributed by atoms with E-state index in [1.165, 1.54) is 5.56 Å². The Hall–Kier alpha value is -1.75. The predicted molar refractivity (Wildman–Crippen MR) is 106 cm³/mol. The van der Waals surface area contributed by atoms with Crippen LogP contribution in [0.3, 0.4) is 0 Å². The van der Waals surface area contributed by atoms with E-state index < -0.39 is 0 Å². The molecule has 1 heterocycles. The summed E-state index contributed by atoms with van der Waals surface area (Å²) < 4.78 is 5.23. The van der Waals surface area contributed by atoms with Gasteiger partial charge >= 0.3 is 0 Å². The van der Waals surface area contributed by atoms with Crippen molar-refractivity contribution in [2.75, 3.05) is 25.5 Å². The van der Waals surface area contributed by atoms with Gasteiger partial charge in [0, 0.05) is 19.0 Å². The second-order valence-corrected chi connectivity index (χ2v) is 7.18. The molecule has 1 unspecified atom stereocenters. The van der Waals surface area contributed by atoms with Crippen molar-refractivity contribution in [1.29, 1.82) is 0 Å². The highest BCUT2D eigenvalue weighted by Crippen LogP contribution is 2.33. The van der Waals surface area contributed by atoms with E-state index in [1.807, 2.05) is 12.1 Å². The lowest BCUT2D eigenvalue weighted by molar-refractivity contribution is -0.116. The molecule has 0 radical (unpaired) electrons. The zero-order valence-corrected chi connectivity index (χ0v) is 16.2. The smallest absolute Gasteiger partial charge is 0.225 e. The van der Waals surface area contributed by atoms with Crippen LogP contribution in [0.5, 0.6) is 5.75 Å². The number of methoxy groups -OCH3 is 1. The molecule has 3 rings (SSSR count). The lowest BCUT2D eigenvalue weighted by Gasteiger charge is -2.24. The number of hydrogen-bond donors (Lipinski definition) is 1. The van der Waals surface area contributed by atoms with E-state index in [-0.39, 0.29) is 5.91 Å². The Balaban J connectivity index is 1.58. The van der Waals surface area contributed by atoms with E-state index in [1.54, 1.807) is 25.3 Å². The third-order valence-electron chi connectivity index (χ3n) is 4.72. The molecule has 1 amide bonds. The molecule has 1 fully saturated rings. The van der Waals surface area contributed by atoms with Crippen molar-refractivity contribution in [2.24, 2.45) is 0 Å². The first kappa shape index (κ1) is 19.0. The summed E-state index contributed by atoms with van der Waals surface area (Å²) in [6, 6.07) is 13.7. The van der Waals surface area contributed by atoms with Crippen LogP contribution < -0.4 is 10.1 Å². The van der Waals surface area contributed by atoms with Crippen molar-refractivity contribution in [1.82, 2.24) is 4.90 Å². The van der Waals surface area contributed by atoms with Crippen molar-refractivity contribution < 1.29 is 9.53 Å². The Morgan fingerprint density at radius 2 is 1.88 bits per heavy atom. The molecule has 138 valence electrons. The lowest BCUT2D eigenvalue weighted by Crippen LogP contribution is -2.27. The second-order valence-electron chi connectivity index (χ2n) is 6.36. The molecule has 6 heteroatoms. The summed E-state index contributed by atoms with van der Waals surface area (Å²) in [4.78, 5) is 14.7. The fraction of sp³-hybridized carbons (Fsp3) is 0.350. The van der Waals surface area contributed by atoms with Crippen LogP contribution in [0.15, 0.2) is 42.5 Å². The van der Waals surface area contributed by atoms with E-state index in [0.717, 1.165) is 25.1 Å². The average molecular weight is 393 g/mol. The average Bonchev–Trinajstić information content (AvgIpc) is 3.12. The van der Waals surface area contributed by atoms with Crippen LogP contribution in [0, 0.1) is 0 Å². The number of carbonyl (C=O) groups excluding carboxylic acids is 1. The summed E-state index contributed by atoms with van der Waals surface area (Å²) in [5.74, 6) is 0.773. The molecule has 4 nitrogen and oxygen atoms in total. The molecule has 0 aromatic heterocycles. The Morgan fingerprint density at radius 1 is 1.19 bits per heavy atom. The molecule has 2 aromatic rings. The normalized spacial score (nSPS) is 17.3. The number of para-hydroxylation sites is 1. The van der Waals surface area contributed by atoms with E-state index in [9.17, 15) is 4.79 Å². The SMILES string of the molecule is COc1ccc(C2CCCN2CCC(=O)Nc2c(Cl)cccc2Cl)cc1. The number of hydrogen-bond acceptors (Lipinski definition) is 3. The summed E-state index contributed by atoms with van der Waals surface area (Å²) in [5, 5.41) is 3.72. The van der Waals surface area contributed by atoms with E-state index in [2.05, 4.69) is 22.3 Å². The van der Waals surface area contributed by atoms with Gasteiger partial charge in [0.25, 0.3) is 0 Å². The van der Waals surface area contributed by atoms with Crippen molar-refractivity contribution >= 4 is 34.8 Å². The summed E-state index contributed by atoms with van der Waals surface area (Å²) in [6.45, 7) is 1.70. The standard InChI is InChI=1S/C20H22Cl2N2O2/c1-26-15-9-7-14(8-10-15)18-6-3-12-24(18)13-11-19(25)23-20-16(21)4-2-5-17(20)22/h2,4-5,7-10,18H,3,6,11-13H2,1H3,(H,23,25). The molecule has 0 aliphatic carbocycles. The number of anilines is 1. The molecule has 1 atom stereocenters. The maximum atomic E-state index is 12.3. The van der Waals surface area contributed by atoms with Gasteiger partial charge < -0.3 is 10.1 Å². The van der Waals surface area contributed by atoms with Gasteiger partial charge in [0.2, 0.25) is 5.91 Å². The third kappa shape index (κ3) is 4.50. The van der Waals surface area contributed by atoms with Gasteiger partial charge in [0.05, 0.1) is 22.8 Å². The number of halogens is 2. The first-order valence-electron chi connectivity index (χ1n) is 8.70. The van der Waals surface area contributed by atoms with Crippen LogP contribution in [0.1, 0.15) is 30.9 Å². The van der Waals surface area contributed by atoms with Crippen LogP contribution in [0.4, 0.5) is 5.69 Å². The number of rotatable bonds is 6. The molecule has 1 saturated heterocycles. The van der Waals surface area contributed by atoms with Crippen LogP contribution in [-0.2, 0) is 4.79 Å². The van der Waals surface area contributed by atoms with Gasteiger partial charge in [-0.2, -0.15) is 0 Å². The molecular weight excluding hydrogens is 371 g/mol. The highest BCUT2D eigenvalue weighted by Gasteiger charge is 2.26. The Labute approximate surface area is 164 Å². The minimum atomic E-state index is -0.0830. The van der Waals surface area contributed by atoms with Crippen molar-refractivity contribution in [3.63, 3.8) is 0 Å².